The van der Waals surface area contributed by atoms with Crippen LogP contribution in [0.15, 0.2) is 77.6 Å². The first kappa shape index (κ1) is 35.2. The molecule has 0 saturated carbocycles. The average molecular weight is 700 g/mol. The van der Waals surface area contributed by atoms with Crippen LogP contribution in [0.3, 0.4) is 0 Å². The second-order valence-corrected chi connectivity index (χ2v) is 13.7. The van der Waals surface area contributed by atoms with E-state index in [1.807, 2.05) is 13.8 Å². The van der Waals surface area contributed by atoms with Crippen molar-refractivity contribution >= 4 is 46.7 Å². The molecule has 5 atom stereocenters. The number of hydrogen-bond acceptors (Lipinski definition) is 8. The molecule has 6 N–H and O–H groups in total. The summed E-state index contributed by atoms with van der Waals surface area (Å²) in [7, 11) is 0. The molecule has 0 radical (unpaired) electrons. The van der Waals surface area contributed by atoms with Gasteiger partial charge >= 0.3 is 0 Å². The minimum atomic E-state index is -1.90. The molecule has 1 unspecified atom stereocenters. The van der Waals surface area contributed by atoms with Crippen molar-refractivity contribution in [3.8, 4) is 5.69 Å². The first-order valence-electron chi connectivity index (χ1n) is 16.9. The summed E-state index contributed by atoms with van der Waals surface area (Å²) in [6.45, 7) is 4.42. The van der Waals surface area contributed by atoms with Crippen molar-refractivity contribution in [1.29, 1.82) is 0 Å². The van der Waals surface area contributed by atoms with Crippen LogP contribution < -0.4 is 27.2 Å². The van der Waals surface area contributed by atoms with E-state index in [1.165, 1.54) is 14.4 Å². The van der Waals surface area contributed by atoms with Gasteiger partial charge in [0.05, 0.1) is 39.9 Å². The molecule has 3 aliphatic heterocycles. The highest BCUT2D eigenvalue weighted by atomic mass is 35.5. The van der Waals surface area contributed by atoms with Crippen molar-refractivity contribution in [1.82, 2.24) is 19.8 Å². The molecule has 0 aliphatic carbocycles. The van der Waals surface area contributed by atoms with Crippen LogP contribution in [0.4, 0.5) is 5.69 Å². The van der Waals surface area contributed by atoms with Crippen LogP contribution in [-0.4, -0.2) is 62.1 Å². The van der Waals surface area contributed by atoms with Gasteiger partial charge in [-0.15, -0.1) is 12.4 Å². The van der Waals surface area contributed by atoms with E-state index < -0.39 is 41.7 Å². The van der Waals surface area contributed by atoms with Gasteiger partial charge in [0.15, 0.2) is 0 Å². The fraction of sp³-hybridized carbons (Fsp3) is 0.378. The highest BCUT2D eigenvalue weighted by Gasteiger charge is 2.64. The Morgan fingerprint density at radius 3 is 2.40 bits per heavy atom. The standard InChI is InChI=1S/C37H41N7O5.ClH/c1-21(2)19-30-35(48)43-29-17-8-5-13-24(29)37(49,36(43)44(30)34(47)25(39)14-9-10-18-38)20-27-31-40-26-15-6-3-11-22(26)33(46)42(31)28-16-7-4-12-23(28)32(45)41-27;/h3-8,11-13,15-17,21,25,27,30,36,49H,9-10,14,18-20,38-39H2,1-2H3,(H,41,45);1H/t25?,27-,30-,36+,37-;/m0./s1. The Labute approximate surface area is 295 Å². The fourth-order valence-electron chi connectivity index (χ4n) is 7.78. The minimum Gasteiger partial charge on any atom is -0.381 e. The van der Waals surface area contributed by atoms with Crippen molar-refractivity contribution < 1.29 is 19.5 Å². The molecule has 0 bridgehead atoms. The molecule has 1 saturated heterocycles. The summed E-state index contributed by atoms with van der Waals surface area (Å²) in [6.07, 6.45) is 0.717. The molecule has 12 nitrogen and oxygen atoms in total. The Hall–Kier alpha value is -4.62. The number of hydrogen-bond donors (Lipinski definition) is 4. The Balaban J connectivity index is 0.00000432. The summed E-state index contributed by atoms with van der Waals surface area (Å²) >= 11 is 0. The first-order valence-corrected chi connectivity index (χ1v) is 16.9. The van der Waals surface area contributed by atoms with Gasteiger partial charge in [0.1, 0.15) is 23.6 Å². The number of unbranched alkanes of at least 4 members (excludes halogenated alkanes) is 1. The molecule has 3 aromatic carbocycles. The molecule has 4 heterocycles. The van der Waals surface area contributed by atoms with Gasteiger partial charge in [0.25, 0.3) is 17.4 Å². The summed E-state index contributed by atoms with van der Waals surface area (Å²) in [6, 6.07) is 18.0. The van der Waals surface area contributed by atoms with E-state index in [0.29, 0.717) is 60.1 Å². The Morgan fingerprint density at radius 2 is 1.66 bits per heavy atom. The summed E-state index contributed by atoms with van der Waals surface area (Å²) in [5, 5.41) is 16.6. The highest BCUT2D eigenvalue weighted by Crippen LogP contribution is 2.53. The molecular formula is C37H42ClN7O5. The first-order chi connectivity index (χ1) is 23.6. The zero-order valence-corrected chi connectivity index (χ0v) is 28.8. The molecule has 0 spiro atoms. The number of halogens is 1. The number of para-hydroxylation sites is 3. The van der Waals surface area contributed by atoms with E-state index >= 15 is 0 Å². The number of carbonyl (C=O) groups excluding carboxylic acids is 3. The number of aliphatic hydroxyl groups is 1. The average Bonchev–Trinajstić information content (AvgIpc) is 3.47. The molecular weight excluding hydrogens is 658 g/mol. The van der Waals surface area contributed by atoms with E-state index in [1.54, 1.807) is 72.8 Å². The fourth-order valence-corrected chi connectivity index (χ4v) is 7.78. The van der Waals surface area contributed by atoms with Crippen molar-refractivity contribution in [3.05, 3.63) is 100 Å². The van der Waals surface area contributed by atoms with Crippen LogP contribution in [-0.2, 0) is 15.2 Å². The van der Waals surface area contributed by atoms with Crippen LogP contribution in [0.2, 0.25) is 0 Å². The third kappa shape index (κ3) is 5.56. The monoisotopic (exact) mass is 699 g/mol. The summed E-state index contributed by atoms with van der Waals surface area (Å²) in [4.78, 5) is 64.6. The molecule has 262 valence electrons. The number of carbonyl (C=O) groups is 3. The predicted octanol–water partition coefficient (Wildman–Crippen LogP) is 3.26. The maximum atomic E-state index is 14.3. The SMILES string of the molecule is CC(C)C[C@H]1C(=O)N2c3ccccc3[C@@](O)(C[C@@H]3NC(=O)c4ccccc4-n4c3nc3ccccc3c4=O)[C@H]2N1C(=O)C(N)CCCCN.Cl. The van der Waals surface area contributed by atoms with Gasteiger partial charge < -0.3 is 26.8 Å². The second-order valence-electron chi connectivity index (χ2n) is 13.7. The lowest BCUT2D eigenvalue weighted by Crippen LogP contribution is -2.58. The number of aromatic nitrogens is 2. The topological polar surface area (TPSA) is 177 Å². The largest absolute Gasteiger partial charge is 0.381 e. The van der Waals surface area contributed by atoms with Crippen molar-refractivity contribution in [3.63, 3.8) is 0 Å². The van der Waals surface area contributed by atoms with Crippen LogP contribution in [0.1, 0.15) is 73.7 Å². The van der Waals surface area contributed by atoms with Crippen LogP contribution in [0.5, 0.6) is 0 Å². The van der Waals surface area contributed by atoms with Crippen LogP contribution >= 0.6 is 12.4 Å². The number of nitrogens with two attached hydrogens (primary N) is 2. The number of nitrogens with one attached hydrogen (secondary N) is 1. The Morgan fingerprint density at radius 1 is 0.980 bits per heavy atom. The van der Waals surface area contributed by atoms with Gasteiger partial charge in [0.2, 0.25) is 5.91 Å². The van der Waals surface area contributed by atoms with Crippen molar-refractivity contribution in [2.75, 3.05) is 11.4 Å². The van der Waals surface area contributed by atoms with Crippen molar-refractivity contribution in [2.24, 2.45) is 17.4 Å². The summed E-state index contributed by atoms with van der Waals surface area (Å²) in [5.74, 6) is -0.908. The zero-order valence-electron chi connectivity index (χ0n) is 28.0. The zero-order chi connectivity index (χ0) is 34.6. The maximum Gasteiger partial charge on any atom is 0.266 e. The predicted molar refractivity (Wildman–Crippen MR) is 192 cm³/mol. The molecule has 1 fully saturated rings. The smallest absolute Gasteiger partial charge is 0.266 e. The lowest BCUT2D eigenvalue weighted by molar-refractivity contribution is -0.144. The van der Waals surface area contributed by atoms with Crippen molar-refractivity contribution in [2.45, 2.75) is 75.8 Å². The van der Waals surface area contributed by atoms with E-state index in [9.17, 15) is 24.3 Å². The minimum absolute atomic E-state index is 0. The maximum absolute atomic E-state index is 14.3. The van der Waals surface area contributed by atoms with Gasteiger partial charge in [-0.05, 0) is 62.1 Å². The Bertz CT molecular complexity index is 2030. The van der Waals surface area contributed by atoms with Gasteiger partial charge in [0, 0.05) is 12.0 Å². The van der Waals surface area contributed by atoms with E-state index in [0.717, 1.165) is 0 Å². The van der Waals surface area contributed by atoms with Gasteiger partial charge in [-0.2, -0.15) is 0 Å². The summed E-state index contributed by atoms with van der Waals surface area (Å²) in [5.41, 5.74) is 11.9. The number of amides is 3. The molecule has 3 aliphatic rings. The molecule has 4 aromatic rings. The molecule has 50 heavy (non-hydrogen) atoms. The van der Waals surface area contributed by atoms with E-state index in [4.69, 9.17) is 16.5 Å². The molecule has 7 rings (SSSR count). The third-order valence-corrected chi connectivity index (χ3v) is 9.98. The quantitative estimate of drug-likeness (QED) is 0.193. The van der Waals surface area contributed by atoms with E-state index in [-0.39, 0.29) is 47.6 Å². The molecule has 3 amide bonds. The highest BCUT2D eigenvalue weighted by molar-refractivity contribution is 6.06. The molecule has 1 aromatic heterocycles. The Kier molecular flexibility index (Phi) is 9.57. The number of benzene rings is 3. The number of nitrogens with zero attached hydrogens (tertiary/aromatic N) is 4. The normalized spacial score (nSPS) is 22.7. The lowest BCUT2D eigenvalue weighted by atomic mass is 9.85. The summed E-state index contributed by atoms with van der Waals surface area (Å²) < 4.78 is 1.43. The van der Waals surface area contributed by atoms with Gasteiger partial charge in [-0.25, -0.2) is 4.98 Å². The van der Waals surface area contributed by atoms with E-state index in [2.05, 4.69) is 5.32 Å². The third-order valence-electron chi connectivity index (χ3n) is 9.98. The lowest BCUT2D eigenvalue weighted by Gasteiger charge is -2.40. The van der Waals surface area contributed by atoms with Crippen LogP contribution in [0, 0.1) is 5.92 Å². The van der Waals surface area contributed by atoms with Gasteiger partial charge in [-0.3, -0.25) is 28.6 Å². The second kappa shape index (κ2) is 13.6. The van der Waals surface area contributed by atoms with Crippen LogP contribution in [0.25, 0.3) is 16.6 Å². The molecule has 13 heteroatoms. The number of fused-ring (bicyclic) bond motifs is 7. The number of rotatable bonds is 9. The van der Waals surface area contributed by atoms with Gasteiger partial charge in [-0.1, -0.05) is 62.7 Å². The number of anilines is 1.